The highest BCUT2D eigenvalue weighted by molar-refractivity contribution is 6.33. The number of carboxylic acids is 1. The number of carbonyl (C=O) groups is 6. The van der Waals surface area contributed by atoms with Crippen molar-refractivity contribution in [3.8, 4) is 0 Å². The molecule has 0 unspecified atom stereocenters. The fourth-order valence-corrected chi connectivity index (χ4v) is 9.49. The van der Waals surface area contributed by atoms with Gasteiger partial charge >= 0.3 is 58.4 Å². The normalized spacial score (nSPS) is 22.2. The van der Waals surface area contributed by atoms with Crippen LogP contribution in [0.15, 0.2) is 56.2 Å². The maximum atomic E-state index is 12.0. The molecular formula is C57H95B3F12N6O22. The van der Waals surface area contributed by atoms with E-state index in [-0.39, 0.29) is 95.5 Å². The van der Waals surface area contributed by atoms with Gasteiger partial charge in [0, 0.05) is 45.5 Å². The summed E-state index contributed by atoms with van der Waals surface area (Å²) in [5.41, 5.74) is 0. The molecule has 578 valence electrons. The van der Waals surface area contributed by atoms with Crippen molar-refractivity contribution < 1.29 is 174 Å². The first-order valence-electron chi connectivity index (χ1n) is 32.1. The van der Waals surface area contributed by atoms with Crippen molar-refractivity contribution in [2.24, 2.45) is 21.1 Å². The Kier molecular flexibility index (Phi) is 54.1. The van der Waals surface area contributed by atoms with E-state index < -0.39 is 96.0 Å². The molecule has 7 N–H and O–H groups in total. The van der Waals surface area contributed by atoms with Gasteiger partial charge in [-0.2, -0.15) is 0 Å². The monoisotopic (exact) mass is 1480 g/mol. The number of aliphatic carboxylic acids is 1. The zero-order valence-electron chi connectivity index (χ0n) is 59.5. The molecule has 4 fully saturated rings. The van der Waals surface area contributed by atoms with Crippen LogP contribution in [-0.4, -0.2) is 232 Å². The molecule has 0 bridgehead atoms. The van der Waals surface area contributed by atoms with Crippen LogP contribution in [0.2, 0.25) is 0 Å². The molecule has 3 aromatic rings. The van der Waals surface area contributed by atoms with Gasteiger partial charge in [0.25, 0.3) is 0 Å². The molecule has 7 rings (SSSR count). The van der Waals surface area contributed by atoms with E-state index in [2.05, 4.69) is 15.3 Å². The SMILES string of the molecule is C[C@H]1C[C@@H](OC(=O)CC(=O)OCCn2cc[n+](C)c2)[C@@H](CO)O1.C[n+]1ccn(CCO)c1.FB(F)F.FB(F)F.FB(F)F.[3H]OCCC[C@H]1O[C@@H](C)C[C@H]1O.[3H]OCCC[C@H]1O[C@@H](C)C[C@H]1OC(=O)CC(=O)O.[3H]OCCC[C@H]1O[C@@H](C)C[C@H]1OC(=O)CC(=O)OCCn1cc[n+](C)c1.[F-].[F-].[F-]. The highest BCUT2D eigenvalue weighted by Gasteiger charge is 2.38. The Labute approximate surface area is 576 Å². The summed E-state index contributed by atoms with van der Waals surface area (Å²) >= 11 is 0. The molecule has 0 amide bonds. The number of carboxylic acid groups (broad SMARTS) is 1. The number of halogens is 12. The Morgan fingerprint density at radius 1 is 0.480 bits per heavy atom. The van der Waals surface area contributed by atoms with E-state index in [9.17, 15) is 72.7 Å². The number of aliphatic hydroxyl groups excluding tert-OH is 6. The largest absolute Gasteiger partial charge is 1.00 e. The van der Waals surface area contributed by atoms with E-state index in [0.29, 0.717) is 84.4 Å². The zero-order valence-corrected chi connectivity index (χ0v) is 56.5. The number of imidazole rings is 3. The molecule has 0 aliphatic carbocycles. The summed E-state index contributed by atoms with van der Waals surface area (Å²) in [7, 11) is -5.25. The van der Waals surface area contributed by atoms with Crippen molar-refractivity contribution in [1.29, 1.82) is 4.29 Å². The maximum Gasteiger partial charge on any atom is 0.762 e. The van der Waals surface area contributed by atoms with Crippen molar-refractivity contribution in [2.75, 3.05) is 46.2 Å². The quantitative estimate of drug-likeness (QED) is 0.00620. The first-order valence-corrected chi connectivity index (χ1v) is 30.9. The Hall–Kier alpha value is -6.60. The predicted octanol–water partition coefficient (Wildman–Crippen LogP) is -6.99. The molecule has 28 nitrogen and oxygen atoms in total. The minimum Gasteiger partial charge on any atom is -1.00 e. The third-order valence-electron chi connectivity index (χ3n) is 13.4. The Bertz CT molecular complexity index is 2670. The number of ether oxygens (including phenoxy) is 9. The highest BCUT2D eigenvalue weighted by atomic mass is 19.4. The fourth-order valence-electron chi connectivity index (χ4n) is 9.49. The van der Waals surface area contributed by atoms with Crippen LogP contribution in [0.25, 0.3) is 0 Å². The second-order valence-electron chi connectivity index (χ2n) is 22.0. The average molecular weight is 1480 g/mol. The number of esters is 5. The number of aryl methyl sites for hydroxylation is 3. The number of aliphatic hydroxyl groups is 6. The predicted molar refractivity (Wildman–Crippen MR) is 322 cm³/mol. The van der Waals surface area contributed by atoms with Gasteiger partial charge in [0.15, 0.2) is 0 Å². The smallest absolute Gasteiger partial charge is 0.762 e. The van der Waals surface area contributed by atoms with Crippen molar-refractivity contribution in [1.82, 2.24) is 13.7 Å². The van der Waals surface area contributed by atoms with Crippen LogP contribution in [0, 0.1) is 0 Å². The first kappa shape index (κ1) is 93.4. The summed E-state index contributed by atoms with van der Waals surface area (Å²) in [5, 5.41) is 48.3. The van der Waals surface area contributed by atoms with Crippen molar-refractivity contribution in [2.45, 2.75) is 204 Å². The number of hydrogen-bond acceptors (Lipinski definition) is 21. The lowest BCUT2D eigenvalue weighted by Gasteiger charge is -2.18. The van der Waals surface area contributed by atoms with Crippen LogP contribution in [0.1, 0.15) is 111 Å². The molecule has 7 heterocycles. The second-order valence-corrected chi connectivity index (χ2v) is 22.0. The van der Waals surface area contributed by atoms with Crippen LogP contribution >= 0.6 is 0 Å². The van der Waals surface area contributed by atoms with Gasteiger partial charge in [0.1, 0.15) is 114 Å². The van der Waals surface area contributed by atoms with Crippen LogP contribution in [0.3, 0.4) is 0 Å². The first-order chi connectivity index (χ1) is 47.2. The Morgan fingerprint density at radius 2 is 0.780 bits per heavy atom. The third kappa shape index (κ3) is 50.7. The van der Waals surface area contributed by atoms with Gasteiger partial charge in [-0.25, -0.2) is 27.4 Å². The molecule has 4 saturated heterocycles. The molecule has 0 radical (unpaired) electrons. The lowest BCUT2D eigenvalue weighted by atomic mass is 10.1. The molecule has 0 aromatic carbocycles. The molecule has 100 heavy (non-hydrogen) atoms. The summed E-state index contributed by atoms with van der Waals surface area (Å²) in [5.74, 6) is -4.44. The Balaban J connectivity index is -0.000000585. The number of hydrogen-bond donors (Lipinski definition) is 7. The van der Waals surface area contributed by atoms with E-state index in [1.165, 1.54) is 0 Å². The number of nitrogens with zero attached hydrogens (tertiary/aromatic N) is 6. The van der Waals surface area contributed by atoms with E-state index in [4.69, 9.17) is 62.2 Å². The van der Waals surface area contributed by atoms with Crippen LogP contribution in [0.4, 0.5) is 38.8 Å². The van der Waals surface area contributed by atoms with Gasteiger partial charge in [-0.05, 0) is 66.2 Å². The van der Waals surface area contributed by atoms with Gasteiger partial charge in [0.05, 0.1) is 83.2 Å². The van der Waals surface area contributed by atoms with Crippen LogP contribution in [0.5, 0.6) is 0 Å². The summed E-state index contributed by atoms with van der Waals surface area (Å²) in [4.78, 5) is 68.8. The van der Waals surface area contributed by atoms with Crippen LogP contribution < -0.4 is 27.8 Å². The minimum atomic E-state index is -3.67. The molecule has 4 aliphatic heterocycles. The van der Waals surface area contributed by atoms with Gasteiger partial charge in [-0.15, -0.1) is 0 Å². The van der Waals surface area contributed by atoms with Gasteiger partial charge in [0.2, 0.25) is 23.3 Å². The van der Waals surface area contributed by atoms with Gasteiger partial charge in [-0.3, -0.25) is 67.6 Å². The van der Waals surface area contributed by atoms with Gasteiger partial charge < -0.3 is 92.5 Å². The zero-order chi connectivity index (χ0) is 75.7. The number of carbonyl (C=O) groups excluding carboxylic acids is 5. The van der Waals surface area contributed by atoms with E-state index in [0.717, 1.165) is 19.3 Å². The molecule has 4 aliphatic rings. The van der Waals surface area contributed by atoms with Crippen molar-refractivity contribution in [3.05, 3.63) is 56.2 Å². The molecular weight excluding hydrogens is 1380 g/mol. The lowest BCUT2D eigenvalue weighted by Crippen LogP contribution is -3.00. The van der Waals surface area contributed by atoms with E-state index >= 15 is 0 Å². The summed E-state index contributed by atoms with van der Waals surface area (Å²) in [6.45, 7) is 10.7. The van der Waals surface area contributed by atoms with E-state index in [1.807, 2.05) is 132 Å². The molecule has 3 aromatic heterocycles. The molecule has 0 spiro atoms. The lowest BCUT2D eigenvalue weighted by molar-refractivity contribution is -0.671. The average Bonchev–Trinajstić information content (AvgIpc) is 1.71. The second kappa shape index (κ2) is 58.0. The van der Waals surface area contributed by atoms with E-state index in [1.54, 1.807) is 0 Å². The van der Waals surface area contributed by atoms with Crippen molar-refractivity contribution >= 4 is 58.4 Å². The molecule has 43 heteroatoms. The molecule has 12 atom stereocenters. The Morgan fingerprint density at radius 3 is 1.07 bits per heavy atom. The summed E-state index contributed by atoms with van der Waals surface area (Å²) < 4.78 is 166. The summed E-state index contributed by atoms with van der Waals surface area (Å²) in [6.07, 6.45) is 19.4. The standard InChI is InChI=1S/C17H27N2O6.C15H23N2O6.C11H18O6.C8H16O3.C6H11N2O.3BF3.3FH/c1-13-10-15(14(24-13)4-3-8-20)25-17(22)11-16(21)23-9-7-19-6-5-18(2)12-19;1-11-7-12(13(9-18)22-11)23-15(20)8-14(19)21-6-5-17-4-3-16(2)10-17;1-7-5-9(8(16-7)3-2-4-12)17-11(15)6-10(13)14;1-6-5-7(10)8(11-6)3-2-4-9;1-7-2-3-8(6-7)4-5-9;3*2-1(3)4;;;/h5-6,12-15,20H,3-4,7-11H2,1-2H3;3-4,10-13,18H,5-9H2,1-2H3;7-9,12H,2-6H2,1H3,(H,13,14);6-10H,2-5H2,1H3;2-3,6,9H,4-5H2,1H3;;;;3*1H/q2*+1;;;+1;;;;;;/p-3/t13-,14+,15+;11-,12+,13+;7-,8+,9+;6-,7+,8+;;;;;;;/m0000......./s1/i20T;;12T;9T;;;;;;;. The topological polar surface area (TPSA) is 354 Å². The third-order valence-corrected chi connectivity index (χ3v) is 13.4. The van der Waals surface area contributed by atoms with Crippen LogP contribution in [-0.2, 0) is 112 Å². The summed E-state index contributed by atoms with van der Waals surface area (Å²) in [6, 6.07) is 0. The number of rotatable bonds is 30. The maximum absolute atomic E-state index is 12.0. The van der Waals surface area contributed by atoms with Gasteiger partial charge in [-0.1, -0.05) is 0 Å². The number of aromatic nitrogens is 6. The fraction of sp³-hybridized carbons (Fsp3) is 0.737. The molecule has 0 saturated carbocycles. The van der Waals surface area contributed by atoms with Crippen molar-refractivity contribution in [3.63, 3.8) is 0 Å². The highest BCUT2D eigenvalue weighted by Crippen LogP contribution is 2.28. The minimum absolute atomic E-state index is 0.